The summed E-state index contributed by atoms with van der Waals surface area (Å²) in [5.74, 6) is -0.832. The summed E-state index contributed by atoms with van der Waals surface area (Å²) >= 11 is 0. The minimum absolute atomic E-state index is 0.00550. The number of carbonyl (C=O) groups excluding carboxylic acids is 1. The Balaban J connectivity index is 2.67. The first-order chi connectivity index (χ1) is 9.15. The molecule has 0 aromatic heterocycles. The molecule has 1 amide bonds. The van der Waals surface area contributed by atoms with Gasteiger partial charge >= 0.3 is 5.97 Å². The zero-order valence-corrected chi connectivity index (χ0v) is 11.1. The summed E-state index contributed by atoms with van der Waals surface area (Å²) in [7, 11) is 1.80. The van der Waals surface area contributed by atoms with Gasteiger partial charge in [0.1, 0.15) is 0 Å². The molecule has 0 fully saturated rings. The van der Waals surface area contributed by atoms with Gasteiger partial charge in [-0.05, 0) is 25.6 Å². The van der Waals surface area contributed by atoms with Gasteiger partial charge in [0.15, 0.2) is 0 Å². The minimum Gasteiger partial charge on any atom is -0.481 e. The van der Waals surface area contributed by atoms with E-state index in [-0.39, 0.29) is 12.3 Å². The van der Waals surface area contributed by atoms with Gasteiger partial charge in [0.25, 0.3) is 0 Å². The second kappa shape index (κ2) is 8.26. The second-order valence-corrected chi connectivity index (χ2v) is 4.23. The van der Waals surface area contributed by atoms with E-state index in [0.717, 1.165) is 5.69 Å². The zero-order chi connectivity index (χ0) is 14.1. The number of nitrogens with one attached hydrogen (secondary N) is 1. The smallest absolute Gasteiger partial charge is 0.303 e. The molecular weight excluding hydrogens is 244 g/mol. The van der Waals surface area contributed by atoms with Crippen molar-refractivity contribution < 1.29 is 14.7 Å². The molecule has 0 saturated heterocycles. The highest BCUT2D eigenvalue weighted by Crippen LogP contribution is 2.15. The number of hydrogen-bond donors (Lipinski definition) is 2. The molecule has 104 valence electrons. The Hall–Kier alpha value is -1.88. The van der Waals surface area contributed by atoms with Crippen molar-refractivity contribution in [3.8, 4) is 0 Å². The summed E-state index contributed by atoms with van der Waals surface area (Å²) in [4.78, 5) is 24.3. The highest BCUT2D eigenvalue weighted by molar-refractivity contribution is 5.93. The van der Waals surface area contributed by atoms with Crippen LogP contribution < -0.4 is 10.2 Å². The van der Waals surface area contributed by atoms with Gasteiger partial charge in [-0.2, -0.15) is 0 Å². The van der Waals surface area contributed by atoms with Crippen LogP contribution in [0.2, 0.25) is 0 Å². The highest BCUT2D eigenvalue weighted by Gasteiger charge is 2.15. The van der Waals surface area contributed by atoms with E-state index >= 15 is 0 Å². The van der Waals surface area contributed by atoms with Crippen LogP contribution in [0.3, 0.4) is 0 Å². The lowest BCUT2D eigenvalue weighted by molar-refractivity contribution is -0.137. The normalized spacial score (nSPS) is 10.2. The van der Waals surface area contributed by atoms with Gasteiger partial charge in [0, 0.05) is 31.6 Å². The molecule has 0 bridgehead atoms. The number of amides is 1. The lowest BCUT2D eigenvalue weighted by Gasteiger charge is -2.22. The summed E-state index contributed by atoms with van der Waals surface area (Å²) < 4.78 is 0. The molecule has 5 nitrogen and oxygen atoms in total. The van der Waals surface area contributed by atoms with Crippen LogP contribution in [0.15, 0.2) is 30.3 Å². The molecule has 5 heteroatoms. The molecule has 0 heterocycles. The molecular formula is C14H20N2O3. The first-order valence-electron chi connectivity index (χ1n) is 6.37. The number of carboxylic acids is 1. The van der Waals surface area contributed by atoms with Gasteiger partial charge in [0.05, 0.1) is 0 Å². The topological polar surface area (TPSA) is 69.6 Å². The van der Waals surface area contributed by atoms with Crippen LogP contribution >= 0.6 is 0 Å². The number of benzene rings is 1. The van der Waals surface area contributed by atoms with Crippen LogP contribution in [0, 0.1) is 0 Å². The maximum Gasteiger partial charge on any atom is 0.303 e. The summed E-state index contributed by atoms with van der Waals surface area (Å²) in [6.07, 6.45) is 0.927. The molecule has 1 aromatic carbocycles. The van der Waals surface area contributed by atoms with E-state index in [1.54, 1.807) is 11.9 Å². The van der Waals surface area contributed by atoms with E-state index in [1.165, 1.54) is 0 Å². The second-order valence-electron chi connectivity index (χ2n) is 4.23. The molecule has 0 aliphatic heterocycles. The molecule has 2 N–H and O–H groups in total. The van der Waals surface area contributed by atoms with Crippen molar-refractivity contribution in [1.29, 1.82) is 0 Å². The molecule has 1 rings (SSSR count). The largest absolute Gasteiger partial charge is 0.481 e. The summed E-state index contributed by atoms with van der Waals surface area (Å²) in [6, 6.07) is 9.34. The molecule has 0 aliphatic rings. The van der Waals surface area contributed by atoms with Crippen molar-refractivity contribution in [3.63, 3.8) is 0 Å². The van der Waals surface area contributed by atoms with Crippen molar-refractivity contribution in [1.82, 2.24) is 5.32 Å². The predicted molar refractivity (Wildman–Crippen MR) is 74.2 cm³/mol. The van der Waals surface area contributed by atoms with Crippen LogP contribution in [0.25, 0.3) is 0 Å². The summed E-state index contributed by atoms with van der Waals surface area (Å²) in [6.45, 7) is 1.04. The quantitative estimate of drug-likeness (QED) is 0.746. The number of carboxylic acid groups (broad SMARTS) is 1. The summed E-state index contributed by atoms with van der Waals surface area (Å²) in [5, 5.41) is 11.6. The lowest BCUT2D eigenvalue weighted by Crippen LogP contribution is -2.33. The van der Waals surface area contributed by atoms with Gasteiger partial charge in [-0.15, -0.1) is 0 Å². The first kappa shape index (κ1) is 15.2. The Morgan fingerprint density at radius 2 is 1.89 bits per heavy atom. The van der Waals surface area contributed by atoms with Crippen molar-refractivity contribution >= 4 is 17.6 Å². The zero-order valence-electron chi connectivity index (χ0n) is 11.1. The number of carbonyl (C=O) groups is 2. The van der Waals surface area contributed by atoms with Crippen molar-refractivity contribution in [2.24, 2.45) is 0 Å². The van der Waals surface area contributed by atoms with Gasteiger partial charge < -0.3 is 15.3 Å². The third kappa shape index (κ3) is 5.52. The van der Waals surface area contributed by atoms with Crippen molar-refractivity contribution in [2.45, 2.75) is 19.3 Å². The van der Waals surface area contributed by atoms with E-state index in [0.29, 0.717) is 25.9 Å². The fourth-order valence-electron chi connectivity index (χ4n) is 1.76. The average molecular weight is 264 g/mol. The standard InChI is InChI=1S/C14H20N2O3/c1-15-10-9-13(17)16(11-5-8-14(18)19)12-6-3-2-4-7-12/h2-4,6-7,15H,5,8-11H2,1H3,(H,18,19). The number of aliphatic carboxylic acids is 1. The molecule has 1 aromatic rings. The Kier molecular flexibility index (Phi) is 6.60. The Morgan fingerprint density at radius 3 is 2.47 bits per heavy atom. The van der Waals surface area contributed by atoms with E-state index in [1.807, 2.05) is 30.3 Å². The van der Waals surface area contributed by atoms with E-state index < -0.39 is 5.97 Å². The SMILES string of the molecule is CNCCC(=O)N(CCCC(=O)O)c1ccccc1. The fraction of sp³-hybridized carbons (Fsp3) is 0.429. The van der Waals surface area contributed by atoms with Crippen LogP contribution in [0.1, 0.15) is 19.3 Å². The predicted octanol–water partition coefficient (Wildman–Crippen LogP) is 1.49. The van der Waals surface area contributed by atoms with Gasteiger partial charge in [-0.25, -0.2) is 0 Å². The van der Waals surface area contributed by atoms with Crippen molar-refractivity contribution in [2.75, 3.05) is 25.0 Å². The molecule has 0 saturated carbocycles. The molecule has 0 radical (unpaired) electrons. The number of nitrogens with zero attached hydrogens (tertiary/aromatic N) is 1. The molecule has 0 aliphatic carbocycles. The molecule has 19 heavy (non-hydrogen) atoms. The van der Waals surface area contributed by atoms with E-state index in [9.17, 15) is 9.59 Å². The summed E-state index contributed by atoms with van der Waals surface area (Å²) in [5.41, 5.74) is 0.814. The van der Waals surface area contributed by atoms with Gasteiger partial charge in [-0.3, -0.25) is 9.59 Å². The van der Waals surface area contributed by atoms with Gasteiger partial charge in [-0.1, -0.05) is 18.2 Å². The number of para-hydroxylation sites is 1. The third-order valence-electron chi connectivity index (χ3n) is 2.73. The maximum absolute atomic E-state index is 12.1. The average Bonchev–Trinajstić information content (AvgIpc) is 2.41. The Bertz CT molecular complexity index is 406. The Labute approximate surface area is 113 Å². The van der Waals surface area contributed by atoms with E-state index in [2.05, 4.69) is 5.32 Å². The van der Waals surface area contributed by atoms with E-state index in [4.69, 9.17) is 5.11 Å². The maximum atomic E-state index is 12.1. The monoisotopic (exact) mass is 264 g/mol. The van der Waals surface area contributed by atoms with Crippen LogP contribution in [0.4, 0.5) is 5.69 Å². The van der Waals surface area contributed by atoms with Crippen LogP contribution in [0.5, 0.6) is 0 Å². The lowest BCUT2D eigenvalue weighted by atomic mass is 10.2. The van der Waals surface area contributed by atoms with Crippen LogP contribution in [-0.4, -0.2) is 37.1 Å². The minimum atomic E-state index is -0.837. The molecule has 0 unspecified atom stereocenters. The first-order valence-corrected chi connectivity index (χ1v) is 6.37. The third-order valence-corrected chi connectivity index (χ3v) is 2.73. The number of hydrogen-bond acceptors (Lipinski definition) is 3. The number of rotatable bonds is 8. The van der Waals surface area contributed by atoms with Crippen molar-refractivity contribution in [3.05, 3.63) is 30.3 Å². The van der Waals surface area contributed by atoms with Gasteiger partial charge in [0.2, 0.25) is 5.91 Å². The molecule has 0 spiro atoms. The number of anilines is 1. The Morgan fingerprint density at radius 1 is 1.21 bits per heavy atom. The molecule has 0 atom stereocenters. The van der Waals surface area contributed by atoms with Crippen LogP contribution in [-0.2, 0) is 9.59 Å². The fourth-order valence-corrected chi connectivity index (χ4v) is 1.76. The highest BCUT2D eigenvalue weighted by atomic mass is 16.4.